The summed E-state index contributed by atoms with van der Waals surface area (Å²) in [6, 6.07) is 0. The quantitative estimate of drug-likeness (QED) is 0.732. The van der Waals surface area contributed by atoms with E-state index in [0.29, 0.717) is 12.4 Å². The summed E-state index contributed by atoms with van der Waals surface area (Å²) in [6.07, 6.45) is 6.69. The molecule has 0 radical (unpaired) electrons. The summed E-state index contributed by atoms with van der Waals surface area (Å²) in [5, 5.41) is 15.6. The molecule has 8 nitrogen and oxygen atoms in total. The van der Waals surface area contributed by atoms with Crippen molar-refractivity contribution >= 4 is 17.0 Å². The Balaban J connectivity index is 1.83. The second-order valence-corrected chi connectivity index (χ2v) is 5.44. The molecule has 0 amide bonds. The van der Waals surface area contributed by atoms with Crippen LogP contribution >= 0.6 is 0 Å². The van der Waals surface area contributed by atoms with Gasteiger partial charge in [0.25, 0.3) is 0 Å². The highest BCUT2D eigenvalue weighted by Crippen LogP contribution is 2.31. The lowest BCUT2D eigenvalue weighted by molar-refractivity contribution is -0.0207. The Morgan fingerprint density at radius 3 is 3.00 bits per heavy atom. The van der Waals surface area contributed by atoms with E-state index in [1.54, 1.807) is 6.33 Å². The first-order valence-electron chi connectivity index (χ1n) is 7.77. The predicted octanol–water partition coefficient (Wildman–Crippen LogP) is 1.03. The van der Waals surface area contributed by atoms with Crippen molar-refractivity contribution in [1.82, 2.24) is 24.8 Å². The fourth-order valence-corrected chi connectivity index (χ4v) is 2.73. The molecule has 23 heavy (non-hydrogen) atoms. The maximum absolute atomic E-state index is 9.21. The van der Waals surface area contributed by atoms with E-state index in [4.69, 9.17) is 4.74 Å². The van der Waals surface area contributed by atoms with Crippen LogP contribution in [0.5, 0.6) is 0 Å². The number of ether oxygens (including phenoxy) is 1. The number of aliphatic hydroxyl groups is 1. The van der Waals surface area contributed by atoms with Crippen LogP contribution in [0.4, 0.5) is 5.82 Å². The number of hydrogen-bond donors (Lipinski definition) is 3. The summed E-state index contributed by atoms with van der Waals surface area (Å²) in [4.78, 5) is 13.1. The Morgan fingerprint density at radius 1 is 1.43 bits per heavy atom. The van der Waals surface area contributed by atoms with Gasteiger partial charge >= 0.3 is 0 Å². The highest BCUT2D eigenvalue weighted by molar-refractivity contribution is 5.82. The number of imidazole rings is 1. The molecule has 2 unspecified atom stereocenters. The molecule has 3 heterocycles. The minimum absolute atomic E-state index is 0.0427. The Morgan fingerprint density at radius 2 is 2.30 bits per heavy atom. The SMILES string of the molecule is C/C=C(/CNc1ncnc2c1ncn2C1CCC(CO)O1)NC. The first-order chi connectivity index (χ1) is 11.3. The van der Waals surface area contributed by atoms with Gasteiger partial charge in [0.2, 0.25) is 0 Å². The van der Waals surface area contributed by atoms with Gasteiger partial charge in [0.05, 0.1) is 25.6 Å². The molecule has 2 aromatic heterocycles. The fraction of sp³-hybridized carbons (Fsp3) is 0.533. The van der Waals surface area contributed by atoms with Crippen LogP contribution in [0, 0.1) is 0 Å². The van der Waals surface area contributed by atoms with Gasteiger partial charge in [-0.15, -0.1) is 0 Å². The Kier molecular flexibility index (Phi) is 4.73. The largest absolute Gasteiger partial charge is 0.394 e. The van der Waals surface area contributed by atoms with Crippen LogP contribution < -0.4 is 10.6 Å². The Bertz CT molecular complexity index is 698. The van der Waals surface area contributed by atoms with Crippen LogP contribution in [0.3, 0.4) is 0 Å². The summed E-state index contributed by atoms with van der Waals surface area (Å²) in [6.45, 7) is 2.66. The number of hydrogen-bond acceptors (Lipinski definition) is 7. The third kappa shape index (κ3) is 3.13. The van der Waals surface area contributed by atoms with Gasteiger partial charge in [0.1, 0.15) is 12.6 Å². The first kappa shape index (κ1) is 15.7. The van der Waals surface area contributed by atoms with Gasteiger partial charge in [0, 0.05) is 12.7 Å². The van der Waals surface area contributed by atoms with E-state index in [-0.39, 0.29) is 18.9 Å². The van der Waals surface area contributed by atoms with Gasteiger partial charge in [0.15, 0.2) is 17.0 Å². The average Bonchev–Trinajstić information content (AvgIpc) is 3.22. The third-order valence-electron chi connectivity index (χ3n) is 4.07. The second-order valence-electron chi connectivity index (χ2n) is 5.44. The van der Waals surface area contributed by atoms with Crippen LogP contribution in [-0.4, -0.2) is 50.9 Å². The van der Waals surface area contributed by atoms with Gasteiger partial charge in [-0.2, -0.15) is 0 Å². The highest BCUT2D eigenvalue weighted by Gasteiger charge is 2.27. The number of nitrogens with one attached hydrogen (secondary N) is 2. The number of fused-ring (bicyclic) bond motifs is 1. The van der Waals surface area contributed by atoms with Gasteiger partial charge < -0.3 is 20.5 Å². The van der Waals surface area contributed by atoms with Crippen molar-refractivity contribution in [3.63, 3.8) is 0 Å². The molecule has 1 aliphatic rings. The van der Waals surface area contributed by atoms with Crippen molar-refractivity contribution in [3.8, 4) is 0 Å². The molecule has 124 valence electrons. The van der Waals surface area contributed by atoms with Gasteiger partial charge in [-0.25, -0.2) is 15.0 Å². The predicted molar refractivity (Wildman–Crippen MR) is 86.9 cm³/mol. The van der Waals surface area contributed by atoms with Crippen molar-refractivity contribution in [2.75, 3.05) is 25.5 Å². The third-order valence-corrected chi connectivity index (χ3v) is 4.07. The highest BCUT2D eigenvalue weighted by atomic mass is 16.5. The summed E-state index contributed by atoms with van der Waals surface area (Å²) in [5.74, 6) is 0.694. The number of aliphatic hydroxyl groups excluding tert-OH is 1. The Hall–Kier alpha value is -2.19. The number of anilines is 1. The van der Waals surface area contributed by atoms with E-state index in [9.17, 15) is 5.11 Å². The van der Waals surface area contributed by atoms with Crippen molar-refractivity contribution in [3.05, 3.63) is 24.4 Å². The standard InChI is InChI=1S/C15H22N6O2/c1-3-10(16-2)6-17-14-13-15(19-8-18-14)21(9-20-13)12-5-4-11(7-22)23-12/h3,8-9,11-12,16,22H,4-7H2,1-2H3,(H,17,18,19)/b10-3-. The van der Waals surface area contributed by atoms with Crippen LogP contribution in [0.15, 0.2) is 24.4 Å². The Labute approximate surface area is 134 Å². The molecule has 0 saturated carbocycles. The van der Waals surface area contributed by atoms with Gasteiger partial charge in [-0.3, -0.25) is 4.57 Å². The van der Waals surface area contributed by atoms with Gasteiger partial charge in [-0.1, -0.05) is 6.08 Å². The van der Waals surface area contributed by atoms with Crippen molar-refractivity contribution in [2.24, 2.45) is 0 Å². The fourth-order valence-electron chi connectivity index (χ4n) is 2.73. The lowest BCUT2D eigenvalue weighted by Crippen LogP contribution is -2.16. The lowest BCUT2D eigenvalue weighted by Gasteiger charge is -2.14. The summed E-state index contributed by atoms with van der Waals surface area (Å²) in [7, 11) is 1.89. The molecule has 0 bridgehead atoms. The summed E-state index contributed by atoms with van der Waals surface area (Å²) >= 11 is 0. The van der Waals surface area contributed by atoms with E-state index in [1.807, 2.05) is 24.6 Å². The van der Waals surface area contributed by atoms with E-state index in [2.05, 4.69) is 25.6 Å². The zero-order valence-corrected chi connectivity index (χ0v) is 13.4. The molecule has 3 N–H and O–H groups in total. The number of allylic oxidation sites excluding steroid dienone is 1. The van der Waals surface area contributed by atoms with Crippen LogP contribution in [0.1, 0.15) is 26.0 Å². The second kappa shape index (κ2) is 6.93. The van der Waals surface area contributed by atoms with Crippen LogP contribution in [-0.2, 0) is 4.74 Å². The zero-order valence-electron chi connectivity index (χ0n) is 13.4. The molecule has 2 atom stereocenters. The molecule has 0 aliphatic carbocycles. The summed E-state index contributed by atoms with van der Waals surface area (Å²) in [5.41, 5.74) is 2.52. The molecule has 8 heteroatoms. The first-order valence-corrected chi connectivity index (χ1v) is 7.77. The minimum Gasteiger partial charge on any atom is -0.394 e. The molecule has 3 rings (SSSR count). The van der Waals surface area contributed by atoms with Crippen LogP contribution in [0.25, 0.3) is 11.2 Å². The number of likely N-dealkylation sites (N-methyl/N-ethyl adjacent to an activating group) is 1. The minimum atomic E-state index is -0.136. The van der Waals surface area contributed by atoms with E-state index < -0.39 is 0 Å². The smallest absolute Gasteiger partial charge is 0.167 e. The number of rotatable bonds is 6. The van der Waals surface area contributed by atoms with Gasteiger partial charge in [-0.05, 0) is 19.8 Å². The normalized spacial score (nSPS) is 21.8. The van der Waals surface area contributed by atoms with Crippen molar-refractivity contribution in [1.29, 1.82) is 0 Å². The maximum Gasteiger partial charge on any atom is 0.167 e. The van der Waals surface area contributed by atoms with E-state index in [1.165, 1.54) is 6.33 Å². The molecular weight excluding hydrogens is 296 g/mol. The molecule has 2 aromatic rings. The van der Waals surface area contributed by atoms with Crippen LogP contribution in [0.2, 0.25) is 0 Å². The molecule has 0 aromatic carbocycles. The number of nitrogens with zero attached hydrogens (tertiary/aromatic N) is 4. The molecular formula is C15H22N6O2. The van der Waals surface area contributed by atoms with Crippen molar-refractivity contribution < 1.29 is 9.84 Å². The monoisotopic (exact) mass is 318 g/mol. The molecule has 1 aliphatic heterocycles. The topological polar surface area (TPSA) is 97.1 Å². The van der Waals surface area contributed by atoms with E-state index >= 15 is 0 Å². The average molecular weight is 318 g/mol. The zero-order chi connectivity index (χ0) is 16.2. The number of aromatic nitrogens is 4. The molecule has 1 saturated heterocycles. The maximum atomic E-state index is 9.21. The molecule has 0 spiro atoms. The van der Waals surface area contributed by atoms with E-state index in [0.717, 1.165) is 29.7 Å². The summed E-state index contributed by atoms with van der Waals surface area (Å²) < 4.78 is 7.72. The van der Waals surface area contributed by atoms with Crippen molar-refractivity contribution in [2.45, 2.75) is 32.1 Å². The lowest BCUT2D eigenvalue weighted by atomic mass is 10.2. The molecule has 1 fully saturated rings.